The number of carbonyl (C=O) groups is 1. The second-order valence-electron chi connectivity index (χ2n) is 6.21. The van der Waals surface area contributed by atoms with Gasteiger partial charge >= 0.3 is 0 Å². The van der Waals surface area contributed by atoms with Crippen molar-refractivity contribution in [2.45, 2.75) is 57.7 Å². The van der Waals surface area contributed by atoms with E-state index < -0.39 is 0 Å². The molecule has 0 aliphatic carbocycles. The molecule has 0 aromatic carbocycles. The van der Waals surface area contributed by atoms with Gasteiger partial charge in [-0.1, -0.05) is 6.42 Å². The second kappa shape index (κ2) is 6.56. The van der Waals surface area contributed by atoms with Crippen molar-refractivity contribution in [2.75, 3.05) is 19.6 Å². The second-order valence-corrected chi connectivity index (χ2v) is 6.21. The van der Waals surface area contributed by atoms with Gasteiger partial charge in [-0.15, -0.1) is 0 Å². The normalized spacial score (nSPS) is 25.2. The molecule has 2 aliphatic rings. The smallest absolute Gasteiger partial charge is 0.239 e. The first-order chi connectivity index (χ1) is 10.3. The molecule has 6 heteroatoms. The summed E-state index contributed by atoms with van der Waals surface area (Å²) in [5.41, 5.74) is 0. The van der Waals surface area contributed by atoms with Crippen molar-refractivity contribution in [2.24, 2.45) is 0 Å². The van der Waals surface area contributed by atoms with Crippen molar-refractivity contribution >= 4 is 5.91 Å². The molecule has 1 aromatic heterocycles. The average Bonchev–Trinajstić information content (AvgIpc) is 3.19. The van der Waals surface area contributed by atoms with E-state index in [1.807, 2.05) is 9.58 Å². The third kappa shape index (κ3) is 3.26. The van der Waals surface area contributed by atoms with Gasteiger partial charge in [0.15, 0.2) is 0 Å². The number of likely N-dealkylation sites (tertiary alicyclic amines) is 2. The van der Waals surface area contributed by atoms with Crippen LogP contribution < -0.4 is 0 Å². The van der Waals surface area contributed by atoms with Crippen LogP contribution in [0.5, 0.6) is 0 Å². The summed E-state index contributed by atoms with van der Waals surface area (Å²) in [5.74, 6) is 0.304. The number of nitrogens with zero attached hydrogens (tertiary/aromatic N) is 5. The largest absolute Gasteiger partial charge is 0.341 e. The Labute approximate surface area is 126 Å². The van der Waals surface area contributed by atoms with Crippen LogP contribution in [-0.2, 0) is 11.3 Å². The molecule has 1 amide bonds. The van der Waals surface area contributed by atoms with Crippen molar-refractivity contribution in [3.8, 4) is 0 Å². The van der Waals surface area contributed by atoms with Crippen molar-refractivity contribution in [1.82, 2.24) is 24.6 Å². The van der Waals surface area contributed by atoms with E-state index in [0.29, 0.717) is 11.9 Å². The van der Waals surface area contributed by atoms with Gasteiger partial charge in [-0.3, -0.25) is 14.4 Å². The first-order valence-corrected chi connectivity index (χ1v) is 8.12. The molecule has 2 saturated heterocycles. The fourth-order valence-electron chi connectivity index (χ4n) is 3.62. The molecular weight excluding hydrogens is 266 g/mol. The molecule has 2 aliphatic heterocycles. The standard InChI is InChI=1S/C15H25N5O/c1-13(15(21)18-7-4-5-8-18)20-9-3-2-6-14(20)10-19-12-16-11-17-19/h11-14H,2-10H2,1H3. The lowest BCUT2D eigenvalue weighted by Gasteiger charge is -2.40. The Hall–Kier alpha value is -1.43. The van der Waals surface area contributed by atoms with E-state index in [4.69, 9.17) is 0 Å². The van der Waals surface area contributed by atoms with E-state index in [9.17, 15) is 4.79 Å². The van der Waals surface area contributed by atoms with Gasteiger partial charge in [-0.25, -0.2) is 4.98 Å². The van der Waals surface area contributed by atoms with E-state index in [2.05, 4.69) is 21.9 Å². The van der Waals surface area contributed by atoms with Crippen LogP contribution in [0.2, 0.25) is 0 Å². The summed E-state index contributed by atoms with van der Waals surface area (Å²) in [7, 11) is 0. The van der Waals surface area contributed by atoms with Gasteiger partial charge in [-0.05, 0) is 39.2 Å². The molecule has 116 valence electrons. The Morgan fingerprint density at radius 1 is 1.24 bits per heavy atom. The number of hydrogen-bond acceptors (Lipinski definition) is 4. The fraction of sp³-hybridized carbons (Fsp3) is 0.800. The molecule has 2 unspecified atom stereocenters. The number of amides is 1. The van der Waals surface area contributed by atoms with E-state index >= 15 is 0 Å². The maximum absolute atomic E-state index is 12.6. The molecule has 0 N–H and O–H groups in total. The summed E-state index contributed by atoms with van der Waals surface area (Å²) in [6.07, 6.45) is 9.21. The Morgan fingerprint density at radius 2 is 2.00 bits per heavy atom. The topological polar surface area (TPSA) is 54.3 Å². The van der Waals surface area contributed by atoms with Gasteiger partial charge in [0.2, 0.25) is 5.91 Å². The molecule has 3 heterocycles. The maximum atomic E-state index is 12.6. The summed E-state index contributed by atoms with van der Waals surface area (Å²) < 4.78 is 1.88. The van der Waals surface area contributed by atoms with Crippen molar-refractivity contribution in [3.05, 3.63) is 12.7 Å². The maximum Gasteiger partial charge on any atom is 0.239 e. The third-order valence-corrected chi connectivity index (χ3v) is 4.81. The highest BCUT2D eigenvalue weighted by atomic mass is 16.2. The average molecular weight is 291 g/mol. The van der Waals surface area contributed by atoms with E-state index in [0.717, 1.165) is 45.4 Å². The van der Waals surface area contributed by atoms with Crippen LogP contribution in [0.25, 0.3) is 0 Å². The molecular formula is C15H25N5O. The summed E-state index contributed by atoms with van der Waals surface area (Å²) in [5, 5.41) is 4.21. The number of rotatable bonds is 4. The zero-order chi connectivity index (χ0) is 14.7. The lowest BCUT2D eigenvalue weighted by atomic mass is 9.99. The van der Waals surface area contributed by atoms with Crippen molar-refractivity contribution in [1.29, 1.82) is 0 Å². The van der Waals surface area contributed by atoms with Gasteiger partial charge in [0.25, 0.3) is 0 Å². The zero-order valence-corrected chi connectivity index (χ0v) is 12.8. The highest BCUT2D eigenvalue weighted by Crippen LogP contribution is 2.22. The minimum Gasteiger partial charge on any atom is -0.341 e. The molecule has 1 aromatic rings. The van der Waals surface area contributed by atoms with Gasteiger partial charge < -0.3 is 4.90 Å². The van der Waals surface area contributed by atoms with E-state index in [1.165, 1.54) is 12.8 Å². The van der Waals surface area contributed by atoms with Gasteiger partial charge in [-0.2, -0.15) is 5.10 Å². The van der Waals surface area contributed by atoms with Crippen LogP contribution in [0.1, 0.15) is 39.0 Å². The molecule has 2 fully saturated rings. The predicted octanol–water partition coefficient (Wildman–Crippen LogP) is 1.14. The summed E-state index contributed by atoms with van der Waals surface area (Å²) >= 11 is 0. The molecule has 3 rings (SSSR count). The highest BCUT2D eigenvalue weighted by molar-refractivity contribution is 5.81. The minimum absolute atomic E-state index is 0.0167. The SMILES string of the molecule is CC(C(=O)N1CCCC1)N1CCCCC1Cn1cncn1. The zero-order valence-electron chi connectivity index (χ0n) is 12.8. The highest BCUT2D eigenvalue weighted by Gasteiger charge is 2.33. The van der Waals surface area contributed by atoms with Crippen molar-refractivity contribution < 1.29 is 4.79 Å². The van der Waals surface area contributed by atoms with Gasteiger partial charge in [0.05, 0.1) is 12.6 Å². The van der Waals surface area contributed by atoms with Crippen LogP contribution in [0.15, 0.2) is 12.7 Å². The molecule has 0 radical (unpaired) electrons. The first kappa shape index (κ1) is 14.5. The van der Waals surface area contributed by atoms with E-state index in [-0.39, 0.29) is 6.04 Å². The molecule has 2 atom stereocenters. The monoisotopic (exact) mass is 291 g/mol. The predicted molar refractivity (Wildman–Crippen MR) is 79.6 cm³/mol. The molecule has 0 bridgehead atoms. The van der Waals surface area contributed by atoms with Crippen LogP contribution >= 0.6 is 0 Å². The van der Waals surface area contributed by atoms with Crippen LogP contribution in [-0.4, -0.2) is 62.2 Å². The minimum atomic E-state index is -0.0167. The lowest BCUT2D eigenvalue weighted by Crippen LogP contribution is -2.53. The number of hydrogen-bond donors (Lipinski definition) is 0. The van der Waals surface area contributed by atoms with Crippen LogP contribution in [0.3, 0.4) is 0 Å². The first-order valence-electron chi connectivity index (χ1n) is 8.12. The summed E-state index contributed by atoms with van der Waals surface area (Å²) in [4.78, 5) is 21.1. The molecule has 6 nitrogen and oxygen atoms in total. The summed E-state index contributed by atoms with van der Waals surface area (Å²) in [6, 6.07) is 0.374. The van der Waals surface area contributed by atoms with Gasteiger partial charge in [0.1, 0.15) is 12.7 Å². The van der Waals surface area contributed by atoms with E-state index in [1.54, 1.807) is 12.7 Å². The van der Waals surface area contributed by atoms with Crippen molar-refractivity contribution in [3.63, 3.8) is 0 Å². The summed E-state index contributed by atoms with van der Waals surface area (Å²) in [6.45, 7) is 5.79. The Bertz CT molecular complexity index is 455. The number of carbonyl (C=O) groups excluding carboxylic acids is 1. The number of piperidine rings is 1. The number of aromatic nitrogens is 3. The Balaban J connectivity index is 1.66. The Kier molecular flexibility index (Phi) is 4.53. The van der Waals surface area contributed by atoms with Gasteiger partial charge in [0, 0.05) is 19.1 Å². The quantitative estimate of drug-likeness (QED) is 0.835. The molecule has 0 spiro atoms. The third-order valence-electron chi connectivity index (χ3n) is 4.81. The van der Waals surface area contributed by atoms with Crippen LogP contribution in [0, 0.1) is 0 Å². The lowest BCUT2D eigenvalue weighted by molar-refractivity contribution is -0.137. The van der Waals surface area contributed by atoms with Crippen LogP contribution in [0.4, 0.5) is 0 Å². The molecule has 21 heavy (non-hydrogen) atoms. The molecule has 0 saturated carbocycles. The fourth-order valence-corrected chi connectivity index (χ4v) is 3.62. The Morgan fingerprint density at radius 3 is 2.71 bits per heavy atom.